The fourth-order valence-electron chi connectivity index (χ4n) is 3.03. The van der Waals surface area contributed by atoms with Gasteiger partial charge in [-0.1, -0.05) is 0 Å². The Labute approximate surface area is 173 Å². The summed E-state index contributed by atoms with van der Waals surface area (Å²) in [6, 6.07) is 1.50. The monoisotopic (exact) mass is 438 g/mol. The zero-order valence-electron chi connectivity index (χ0n) is 15.9. The molecule has 2 aliphatic heterocycles. The summed E-state index contributed by atoms with van der Waals surface area (Å²) in [6.45, 7) is 1.11. The van der Waals surface area contributed by atoms with Gasteiger partial charge < -0.3 is 26.0 Å². The molecule has 14 heteroatoms. The van der Waals surface area contributed by atoms with Gasteiger partial charge in [0.2, 0.25) is 29.5 Å². The maximum atomic E-state index is 12.6. The van der Waals surface area contributed by atoms with Gasteiger partial charge in [0.25, 0.3) is 5.91 Å². The van der Waals surface area contributed by atoms with Crippen LogP contribution in [0.4, 0.5) is 25.1 Å². The topological polar surface area (TPSA) is 148 Å². The van der Waals surface area contributed by atoms with E-state index in [0.717, 1.165) is 12.1 Å². The Morgan fingerprint density at radius 3 is 2.61 bits per heavy atom. The lowest BCUT2D eigenvalue weighted by atomic mass is 10.2. The number of carbonyl (C=O) groups is 2. The van der Waals surface area contributed by atoms with Crippen LogP contribution >= 0.6 is 0 Å². The Bertz CT molecular complexity index is 995. The van der Waals surface area contributed by atoms with Crippen molar-refractivity contribution in [3.05, 3.63) is 29.7 Å². The number of pyridine rings is 1. The number of amides is 2. The molecule has 2 saturated heterocycles. The van der Waals surface area contributed by atoms with Crippen LogP contribution in [0.25, 0.3) is 0 Å². The van der Waals surface area contributed by atoms with Gasteiger partial charge in [-0.25, -0.2) is 4.98 Å². The van der Waals surface area contributed by atoms with E-state index >= 15 is 0 Å². The Morgan fingerprint density at radius 2 is 2.03 bits per heavy atom. The lowest BCUT2D eigenvalue weighted by Gasteiger charge is -2.38. The molecule has 2 amide bonds. The minimum absolute atomic E-state index is 0.0367. The van der Waals surface area contributed by atoms with Crippen LogP contribution in [-0.4, -0.2) is 63.5 Å². The third kappa shape index (κ3) is 4.57. The summed E-state index contributed by atoms with van der Waals surface area (Å²) in [7, 11) is 0. The number of halogens is 3. The fourth-order valence-corrected chi connectivity index (χ4v) is 3.03. The first-order valence-electron chi connectivity index (χ1n) is 9.24. The van der Waals surface area contributed by atoms with Gasteiger partial charge in [-0.05, 0) is 12.5 Å². The van der Waals surface area contributed by atoms with Gasteiger partial charge in [-0.3, -0.25) is 9.59 Å². The molecule has 31 heavy (non-hydrogen) atoms. The Kier molecular flexibility index (Phi) is 5.20. The number of nitrogens with two attached hydrogens (primary N) is 1. The second kappa shape index (κ2) is 7.85. The van der Waals surface area contributed by atoms with E-state index in [2.05, 4.69) is 30.6 Å². The van der Waals surface area contributed by atoms with Crippen molar-refractivity contribution >= 4 is 23.7 Å². The largest absolute Gasteiger partial charge is 0.471 e. The van der Waals surface area contributed by atoms with Gasteiger partial charge in [0, 0.05) is 18.8 Å². The van der Waals surface area contributed by atoms with Gasteiger partial charge in [0.1, 0.15) is 12.1 Å². The summed E-state index contributed by atoms with van der Waals surface area (Å²) in [5.74, 6) is -1.08. The molecule has 0 aromatic carbocycles. The van der Waals surface area contributed by atoms with E-state index in [4.69, 9.17) is 10.5 Å². The second-order valence-electron chi connectivity index (χ2n) is 6.95. The van der Waals surface area contributed by atoms with E-state index in [1.165, 1.54) is 0 Å². The number of aromatic nitrogens is 4. The van der Waals surface area contributed by atoms with Gasteiger partial charge >= 0.3 is 6.18 Å². The number of primary amides is 1. The molecule has 1 atom stereocenters. The van der Waals surface area contributed by atoms with E-state index in [0.29, 0.717) is 32.3 Å². The first-order valence-corrected chi connectivity index (χ1v) is 9.24. The number of ether oxygens (including phenoxy) is 1. The standard InChI is InChI=1S/C17H17F3N8O3/c18-17(19,20)8-1-2-11(23-5-8)31-9-6-28(7-9)16-26-13(12(21)29)25-15(27-16)24-10-3-4-22-14(10)30/h1-2,5,9-10H,3-4,6-7H2,(H2,21,29)(H,22,30)(H,24,25,26,27). The predicted molar refractivity (Wildman–Crippen MR) is 99.3 cm³/mol. The van der Waals surface area contributed by atoms with Crippen molar-refractivity contribution in [1.82, 2.24) is 25.3 Å². The number of rotatable bonds is 6. The van der Waals surface area contributed by atoms with E-state index < -0.39 is 23.7 Å². The van der Waals surface area contributed by atoms with Crippen molar-refractivity contribution in [2.45, 2.75) is 24.7 Å². The Balaban J connectivity index is 1.41. The third-order valence-electron chi connectivity index (χ3n) is 4.68. The molecule has 1 unspecified atom stereocenters. The smallest absolute Gasteiger partial charge is 0.417 e. The van der Waals surface area contributed by atoms with Crippen LogP contribution in [0.5, 0.6) is 5.88 Å². The minimum atomic E-state index is -4.47. The number of hydrogen-bond donors (Lipinski definition) is 3. The Morgan fingerprint density at radius 1 is 1.26 bits per heavy atom. The summed E-state index contributed by atoms with van der Waals surface area (Å²) < 4.78 is 43.4. The number of nitrogens with one attached hydrogen (secondary N) is 2. The van der Waals surface area contributed by atoms with Crippen molar-refractivity contribution in [2.24, 2.45) is 5.73 Å². The molecule has 4 rings (SSSR count). The van der Waals surface area contributed by atoms with Crippen LogP contribution < -0.4 is 26.0 Å². The minimum Gasteiger partial charge on any atom is -0.471 e. The van der Waals surface area contributed by atoms with E-state index in [-0.39, 0.29) is 35.6 Å². The first-order chi connectivity index (χ1) is 14.7. The maximum Gasteiger partial charge on any atom is 0.417 e. The molecule has 0 aliphatic carbocycles. The fraction of sp³-hybridized carbons (Fsp3) is 0.412. The molecule has 0 radical (unpaired) electrons. The summed E-state index contributed by atoms with van der Waals surface area (Å²) >= 11 is 0. The average molecular weight is 438 g/mol. The lowest BCUT2D eigenvalue weighted by Crippen LogP contribution is -2.55. The molecule has 0 bridgehead atoms. The number of alkyl halides is 3. The molecule has 2 fully saturated rings. The highest BCUT2D eigenvalue weighted by Crippen LogP contribution is 2.29. The summed E-state index contributed by atoms with van der Waals surface area (Å²) in [5, 5.41) is 5.52. The zero-order valence-corrected chi connectivity index (χ0v) is 15.9. The van der Waals surface area contributed by atoms with Crippen LogP contribution in [0.3, 0.4) is 0 Å². The van der Waals surface area contributed by atoms with Gasteiger partial charge in [0.15, 0.2) is 0 Å². The SMILES string of the molecule is NC(=O)c1nc(NC2CCNC2=O)nc(N2CC(Oc3ccc(C(F)(F)F)cn3)C2)n1. The van der Waals surface area contributed by atoms with Crippen LogP contribution in [0, 0.1) is 0 Å². The molecular weight excluding hydrogens is 421 g/mol. The second-order valence-corrected chi connectivity index (χ2v) is 6.95. The van der Waals surface area contributed by atoms with E-state index in [9.17, 15) is 22.8 Å². The highest BCUT2D eigenvalue weighted by Gasteiger charge is 2.34. The molecule has 2 aromatic heterocycles. The average Bonchev–Trinajstić information content (AvgIpc) is 3.08. The summed E-state index contributed by atoms with van der Waals surface area (Å²) in [6.07, 6.45) is -3.60. The lowest BCUT2D eigenvalue weighted by molar-refractivity contribution is -0.137. The van der Waals surface area contributed by atoms with Crippen molar-refractivity contribution in [3.8, 4) is 5.88 Å². The molecule has 4 heterocycles. The van der Waals surface area contributed by atoms with Crippen molar-refractivity contribution in [3.63, 3.8) is 0 Å². The third-order valence-corrected chi connectivity index (χ3v) is 4.68. The van der Waals surface area contributed by atoms with Gasteiger partial charge in [-0.2, -0.15) is 28.1 Å². The zero-order chi connectivity index (χ0) is 22.2. The molecule has 2 aromatic rings. The van der Waals surface area contributed by atoms with E-state index in [1.807, 2.05) is 0 Å². The molecule has 0 spiro atoms. The normalized spacial score (nSPS) is 19.0. The van der Waals surface area contributed by atoms with Gasteiger partial charge in [-0.15, -0.1) is 0 Å². The summed E-state index contributed by atoms with van der Waals surface area (Å²) in [4.78, 5) is 40.8. The van der Waals surface area contributed by atoms with Gasteiger partial charge in [0.05, 0.1) is 18.7 Å². The molecular formula is C17H17F3N8O3. The van der Waals surface area contributed by atoms with Crippen LogP contribution in [-0.2, 0) is 11.0 Å². The number of hydrogen-bond acceptors (Lipinski definition) is 9. The maximum absolute atomic E-state index is 12.6. The molecule has 4 N–H and O–H groups in total. The Hall–Kier alpha value is -3.71. The predicted octanol–water partition coefficient (Wildman–Crippen LogP) is -0.0477. The highest BCUT2D eigenvalue weighted by molar-refractivity contribution is 5.90. The molecule has 164 valence electrons. The van der Waals surface area contributed by atoms with Crippen LogP contribution in [0.15, 0.2) is 18.3 Å². The molecule has 2 aliphatic rings. The quantitative estimate of drug-likeness (QED) is 0.565. The number of carbonyl (C=O) groups excluding carboxylic acids is 2. The molecule has 11 nitrogen and oxygen atoms in total. The molecule has 0 saturated carbocycles. The first kappa shape index (κ1) is 20.6. The number of anilines is 2. The number of nitrogens with zero attached hydrogens (tertiary/aromatic N) is 5. The van der Waals surface area contributed by atoms with E-state index in [1.54, 1.807) is 4.90 Å². The van der Waals surface area contributed by atoms with Crippen molar-refractivity contribution < 1.29 is 27.5 Å². The van der Waals surface area contributed by atoms with Crippen LogP contribution in [0.1, 0.15) is 22.6 Å². The van der Waals surface area contributed by atoms with Crippen LogP contribution in [0.2, 0.25) is 0 Å². The van der Waals surface area contributed by atoms with Crippen molar-refractivity contribution in [1.29, 1.82) is 0 Å². The highest BCUT2D eigenvalue weighted by atomic mass is 19.4. The summed E-state index contributed by atoms with van der Waals surface area (Å²) in [5.41, 5.74) is 4.42. The van der Waals surface area contributed by atoms with Crippen molar-refractivity contribution in [2.75, 3.05) is 29.9 Å².